The highest BCUT2D eigenvalue weighted by molar-refractivity contribution is 7.09. The Kier molecular flexibility index (Phi) is 7.55. The zero-order valence-electron chi connectivity index (χ0n) is 12.9. The summed E-state index contributed by atoms with van der Waals surface area (Å²) in [7, 11) is 1.72. The number of hydrogen-bond acceptors (Lipinski definition) is 4. The molecular formula is C16H23N3O2S. The lowest BCUT2D eigenvalue weighted by molar-refractivity contribution is 0.195. The lowest BCUT2D eigenvalue weighted by Crippen LogP contribution is -2.39. The predicted molar refractivity (Wildman–Crippen MR) is 90.4 cm³/mol. The van der Waals surface area contributed by atoms with Gasteiger partial charge in [-0.1, -0.05) is 6.07 Å². The number of nitrogens with one attached hydrogen (secondary N) is 2. The largest absolute Gasteiger partial charge is 0.469 e. The van der Waals surface area contributed by atoms with Crippen molar-refractivity contribution in [3.63, 3.8) is 0 Å². The van der Waals surface area contributed by atoms with Crippen LogP contribution in [0, 0.1) is 0 Å². The van der Waals surface area contributed by atoms with Gasteiger partial charge in [-0.3, -0.25) is 0 Å². The second-order valence-corrected chi connectivity index (χ2v) is 5.81. The van der Waals surface area contributed by atoms with Crippen molar-refractivity contribution in [1.29, 1.82) is 0 Å². The number of hydrogen-bond donors (Lipinski definition) is 2. The maximum absolute atomic E-state index is 5.33. The minimum absolute atomic E-state index is 0.692. The molecule has 0 atom stereocenters. The summed E-state index contributed by atoms with van der Waals surface area (Å²) in [5.74, 6) is 1.81. The molecule has 0 aliphatic rings. The Bertz CT molecular complexity index is 524. The lowest BCUT2D eigenvalue weighted by atomic mass is 10.3. The van der Waals surface area contributed by atoms with Gasteiger partial charge < -0.3 is 19.8 Å². The minimum atomic E-state index is 0.692. The second-order valence-electron chi connectivity index (χ2n) is 4.77. The van der Waals surface area contributed by atoms with Gasteiger partial charge in [0.2, 0.25) is 0 Å². The quantitative estimate of drug-likeness (QED) is 0.423. The molecule has 0 fully saturated rings. The molecule has 22 heavy (non-hydrogen) atoms. The van der Waals surface area contributed by atoms with E-state index < -0.39 is 0 Å². The van der Waals surface area contributed by atoms with Gasteiger partial charge >= 0.3 is 0 Å². The van der Waals surface area contributed by atoms with Gasteiger partial charge in [0.05, 0.1) is 12.8 Å². The highest BCUT2D eigenvalue weighted by atomic mass is 32.1. The molecule has 2 aromatic rings. The summed E-state index contributed by atoms with van der Waals surface area (Å²) >= 11 is 1.72. The van der Waals surface area contributed by atoms with Crippen molar-refractivity contribution in [1.82, 2.24) is 10.6 Å². The van der Waals surface area contributed by atoms with Crippen LogP contribution in [-0.2, 0) is 17.7 Å². The van der Waals surface area contributed by atoms with Gasteiger partial charge in [-0.2, -0.15) is 0 Å². The predicted octanol–water partition coefficient (Wildman–Crippen LogP) is 2.66. The number of nitrogens with zero attached hydrogens (tertiary/aromatic N) is 1. The van der Waals surface area contributed by atoms with Crippen LogP contribution in [0.3, 0.4) is 0 Å². The number of thiophene rings is 1. The van der Waals surface area contributed by atoms with E-state index in [9.17, 15) is 0 Å². The molecule has 0 unspecified atom stereocenters. The van der Waals surface area contributed by atoms with Crippen LogP contribution in [0.5, 0.6) is 0 Å². The smallest absolute Gasteiger partial charge is 0.191 e. The van der Waals surface area contributed by atoms with E-state index >= 15 is 0 Å². The summed E-state index contributed by atoms with van der Waals surface area (Å²) in [5, 5.41) is 8.74. The molecule has 0 bridgehead atoms. The second kappa shape index (κ2) is 10.0. The molecule has 2 aromatic heterocycles. The Balaban J connectivity index is 1.78. The fourth-order valence-electron chi connectivity index (χ4n) is 1.92. The summed E-state index contributed by atoms with van der Waals surface area (Å²) in [6.07, 6.45) is 3.49. The number of methoxy groups -OCH3 is 1. The molecule has 2 rings (SSSR count). The minimum Gasteiger partial charge on any atom is -0.469 e. The van der Waals surface area contributed by atoms with Crippen molar-refractivity contribution in [3.05, 3.63) is 46.5 Å². The Morgan fingerprint density at radius 1 is 1.27 bits per heavy atom. The Morgan fingerprint density at radius 3 is 2.91 bits per heavy atom. The molecular weight excluding hydrogens is 298 g/mol. The first-order valence-corrected chi connectivity index (χ1v) is 8.32. The van der Waals surface area contributed by atoms with Crippen LogP contribution in [0.15, 0.2) is 45.3 Å². The van der Waals surface area contributed by atoms with Crippen LogP contribution in [0.4, 0.5) is 0 Å². The lowest BCUT2D eigenvalue weighted by Gasteiger charge is -2.12. The maximum Gasteiger partial charge on any atom is 0.191 e. The fraction of sp³-hybridized carbons (Fsp3) is 0.438. The monoisotopic (exact) mass is 321 g/mol. The molecule has 0 spiro atoms. The highest BCUT2D eigenvalue weighted by Gasteiger charge is 2.01. The summed E-state index contributed by atoms with van der Waals surface area (Å²) in [6, 6.07) is 8.03. The number of guanidine groups is 1. The molecule has 0 aliphatic heterocycles. The third-order valence-electron chi connectivity index (χ3n) is 3.03. The third-order valence-corrected chi connectivity index (χ3v) is 3.90. The maximum atomic E-state index is 5.33. The summed E-state index contributed by atoms with van der Waals surface area (Å²) in [6.45, 7) is 3.06. The van der Waals surface area contributed by atoms with E-state index in [2.05, 4.69) is 27.1 Å². The van der Waals surface area contributed by atoms with E-state index in [0.717, 1.165) is 44.3 Å². The fourth-order valence-corrected chi connectivity index (χ4v) is 2.54. The Morgan fingerprint density at radius 2 is 2.18 bits per heavy atom. The first-order valence-electron chi connectivity index (χ1n) is 7.44. The molecule has 6 heteroatoms. The van der Waals surface area contributed by atoms with Crippen molar-refractivity contribution in [2.75, 3.05) is 26.8 Å². The van der Waals surface area contributed by atoms with Crippen molar-refractivity contribution in [3.8, 4) is 0 Å². The van der Waals surface area contributed by atoms with Crippen LogP contribution >= 0.6 is 11.3 Å². The van der Waals surface area contributed by atoms with E-state index in [4.69, 9.17) is 9.15 Å². The first-order chi connectivity index (χ1) is 10.9. The summed E-state index contributed by atoms with van der Waals surface area (Å²) in [5.41, 5.74) is 0. The van der Waals surface area contributed by atoms with Gasteiger partial charge in [-0.15, -0.1) is 11.3 Å². The van der Waals surface area contributed by atoms with Crippen molar-refractivity contribution < 1.29 is 9.15 Å². The molecule has 0 saturated carbocycles. The van der Waals surface area contributed by atoms with Crippen LogP contribution in [-0.4, -0.2) is 32.8 Å². The van der Waals surface area contributed by atoms with Crippen molar-refractivity contribution in [2.45, 2.75) is 19.4 Å². The van der Waals surface area contributed by atoms with Crippen LogP contribution in [0.2, 0.25) is 0 Å². The van der Waals surface area contributed by atoms with E-state index in [1.165, 1.54) is 4.88 Å². The van der Waals surface area contributed by atoms with Crippen molar-refractivity contribution >= 4 is 17.3 Å². The van der Waals surface area contributed by atoms with Gasteiger partial charge in [0, 0.05) is 38.1 Å². The molecule has 0 aromatic carbocycles. The van der Waals surface area contributed by atoms with E-state index in [0.29, 0.717) is 6.54 Å². The molecule has 0 aliphatic carbocycles. The standard InChI is InChI=1S/C16H23N3O2S/c1-20-10-4-8-17-16(19-13-15-6-3-12-22-15)18-9-7-14-5-2-11-21-14/h2-3,5-6,11-12H,4,7-10,13H2,1H3,(H2,17,18,19). The molecule has 2 heterocycles. The summed E-state index contributed by atoms with van der Waals surface area (Å²) < 4.78 is 10.4. The number of rotatable bonds is 9. The van der Waals surface area contributed by atoms with Crippen molar-refractivity contribution in [2.24, 2.45) is 4.99 Å². The van der Waals surface area contributed by atoms with Gasteiger partial charge in [-0.25, -0.2) is 4.99 Å². The first kappa shape index (κ1) is 16.6. The molecule has 0 amide bonds. The van der Waals surface area contributed by atoms with Crippen LogP contribution in [0.1, 0.15) is 17.1 Å². The van der Waals surface area contributed by atoms with Gasteiger partial charge in [0.1, 0.15) is 5.76 Å². The van der Waals surface area contributed by atoms with E-state index in [1.54, 1.807) is 24.7 Å². The Hall–Kier alpha value is -1.79. The molecule has 2 N–H and O–H groups in total. The summed E-state index contributed by atoms with van der Waals surface area (Å²) in [4.78, 5) is 5.87. The average Bonchev–Trinajstić information content (AvgIpc) is 3.21. The van der Waals surface area contributed by atoms with E-state index in [1.807, 2.05) is 18.2 Å². The topological polar surface area (TPSA) is 58.8 Å². The molecule has 5 nitrogen and oxygen atoms in total. The normalized spacial score (nSPS) is 11.6. The zero-order chi connectivity index (χ0) is 15.5. The van der Waals surface area contributed by atoms with Gasteiger partial charge in [0.25, 0.3) is 0 Å². The molecule has 120 valence electrons. The molecule has 0 saturated heterocycles. The number of aliphatic imine (C=N–C) groups is 1. The average molecular weight is 321 g/mol. The number of ether oxygens (including phenoxy) is 1. The Labute approximate surface area is 135 Å². The van der Waals surface area contributed by atoms with Crippen LogP contribution in [0.25, 0.3) is 0 Å². The zero-order valence-corrected chi connectivity index (χ0v) is 13.7. The van der Waals surface area contributed by atoms with Crippen LogP contribution < -0.4 is 10.6 Å². The van der Waals surface area contributed by atoms with Gasteiger partial charge in [-0.05, 0) is 30.0 Å². The molecule has 0 radical (unpaired) electrons. The third kappa shape index (κ3) is 6.32. The SMILES string of the molecule is COCCCNC(=NCc1cccs1)NCCc1ccco1. The highest BCUT2D eigenvalue weighted by Crippen LogP contribution is 2.09. The van der Waals surface area contributed by atoms with Gasteiger partial charge in [0.15, 0.2) is 5.96 Å². The van der Waals surface area contributed by atoms with E-state index in [-0.39, 0.29) is 0 Å². The number of furan rings is 1.